The van der Waals surface area contributed by atoms with Crippen LogP contribution in [0.3, 0.4) is 0 Å². The van der Waals surface area contributed by atoms with Crippen LogP contribution in [0, 0.1) is 0 Å². The maximum absolute atomic E-state index is 10.8. The van der Waals surface area contributed by atoms with Crippen molar-refractivity contribution in [3.05, 3.63) is 29.8 Å². The van der Waals surface area contributed by atoms with Crippen LogP contribution < -0.4 is 14.6 Å². The van der Waals surface area contributed by atoms with Crippen LogP contribution in [0.2, 0.25) is 0 Å². The Morgan fingerprint density at radius 1 is 1.47 bits per heavy atom. The molecule has 0 aliphatic carbocycles. The first-order valence-electron chi connectivity index (χ1n) is 4.36. The number of ether oxygens (including phenoxy) is 1. The predicted molar refractivity (Wildman–Crippen MR) is 57.7 cm³/mol. The van der Waals surface area contributed by atoms with Crippen molar-refractivity contribution in [1.29, 1.82) is 0 Å². The predicted octanol–water partition coefficient (Wildman–Crippen LogP) is 0.549. The highest BCUT2D eigenvalue weighted by Gasteiger charge is 2.11. The standard InChI is InChI=1S/C9H14N2O3S/c1-7(11-15(10,12)13)8-4-3-5-9(6-8)14-2/h3-7,11H,1-2H3,(H2,10,12,13)/t7-/m1/s1. The van der Waals surface area contributed by atoms with Crippen LogP contribution in [0.1, 0.15) is 18.5 Å². The Balaban J connectivity index is 2.86. The van der Waals surface area contributed by atoms with E-state index in [4.69, 9.17) is 9.88 Å². The minimum atomic E-state index is -3.68. The molecule has 0 aliphatic rings. The minimum Gasteiger partial charge on any atom is -0.497 e. The molecule has 0 saturated heterocycles. The molecular weight excluding hydrogens is 216 g/mol. The third-order valence-electron chi connectivity index (χ3n) is 1.93. The molecule has 0 radical (unpaired) electrons. The lowest BCUT2D eigenvalue weighted by Crippen LogP contribution is -2.32. The van der Waals surface area contributed by atoms with E-state index in [1.807, 2.05) is 0 Å². The summed E-state index contributed by atoms with van der Waals surface area (Å²) < 4.78 is 28.9. The Morgan fingerprint density at radius 2 is 2.13 bits per heavy atom. The van der Waals surface area contributed by atoms with Crippen LogP contribution in [0.15, 0.2) is 24.3 Å². The zero-order chi connectivity index (χ0) is 11.5. The molecule has 0 saturated carbocycles. The Bertz CT molecular complexity index is 431. The fraction of sp³-hybridized carbons (Fsp3) is 0.333. The summed E-state index contributed by atoms with van der Waals surface area (Å²) in [4.78, 5) is 0. The van der Waals surface area contributed by atoms with Crippen molar-refractivity contribution in [2.24, 2.45) is 5.14 Å². The molecule has 1 rings (SSSR count). The van der Waals surface area contributed by atoms with Crippen LogP contribution in [0.4, 0.5) is 0 Å². The van der Waals surface area contributed by atoms with Gasteiger partial charge in [-0.3, -0.25) is 0 Å². The molecule has 15 heavy (non-hydrogen) atoms. The number of nitrogens with two attached hydrogens (primary N) is 1. The van der Waals surface area contributed by atoms with Gasteiger partial charge in [-0.05, 0) is 24.6 Å². The fourth-order valence-corrected chi connectivity index (χ4v) is 1.85. The number of methoxy groups -OCH3 is 1. The maximum atomic E-state index is 10.8. The molecule has 5 nitrogen and oxygen atoms in total. The van der Waals surface area contributed by atoms with Crippen molar-refractivity contribution in [3.63, 3.8) is 0 Å². The Kier molecular flexibility index (Phi) is 3.67. The van der Waals surface area contributed by atoms with Gasteiger partial charge in [0.1, 0.15) is 5.75 Å². The van der Waals surface area contributed by atoms with Crippen LogP contribution in [-0.2, 0) is 10.2 Å². The van der Waals surface area contributed by atoms with Crippen LogP contribution >= 0.6 is 0 Å². The Morgan fingerprint density at radius 3 is 2.67 bits per heavy atom. The molecule has 1 aromatic rings. The van der Waals surface area contributed by atoms with Gasteiger partial charge in [-0.15, -0.1) is 0 Å². The normalized spacial score (nSPS) is 13.5. The lowest BCUT2D eigenvalue weighted by Gasteiger charge is -2.12. The first-order chi connectivity index (χ1) is 6.92. The smallest absolute Gasteiger partial charge is 0.274 e. The molecule has 0 heterocycles. The van der Waals surface area contributed by atoms with E-state index in [2.05, 4.69) is 4.72 Å². The van der Waals surface area contributed by atoms with E-state index in [9.17, 15) is 8.42 Å². The summed E-state index contributed by atoms with van der Waals surface area (Å²) in [6, 6.07) is 6.74. The Hall–Kier alpha value is -1.11. The number of benzene rings is 1. The van der Waals surface area contributed by atoms with Crippen LogP contribution in [0.25, 0.3) is 0 Å². The highest BCUT2D eigenvalue weighted by molar-refractivity contribution is 7.87. The number of hydrogen-bond donors (Lipinski definition) is 2. The van der Waals surface area contributed by atoms with E-state index in [-0.39, 0.29) is 6.04 Å². The summed E-state index contributed by atoms with van der Waals surface area (Å²) in [6.07, 6.45) is 0. The monoisotopic (exact) mass is 230 g/mol. The summed E-state index contributed by atoms with van der Waals surface area (Å²) in [7, 11) is -2.13. The fourth-order valence-electron chi connectivity index (χ4n) is 1.23. The minimum absolute atomic E-state index is 0.380. The van der Waals surface area contributed by atoms with E-state index in [0.717, 1.165) is 5.56 Å². The van der Waals surface area contributed by atoms with Gasteiger partial charge in [0.2, 0.25) is 0 Å². The van der Waals surface area contributed by atoms with Gasteiger partial charge in [-0.2, -0.15) is 13.1 Å². The highest BCUT2D eigenvalue weighted by Crippen LogP contribution is 2.18. The van der Waals surface area contributed by atoms with E-state index in [1.54, 1.807) is 38.3 Å². The lowest BCUT2D eigenvalue weighted by atomic mass is 10.1. The van der Waals surface area contributed by atoms with Crippen LogP contribution in [0.5, 0.6) is 5.75 Å². The zero-order valence-corrected chi connectivity index (χ0v) is 9.41. The molecule has 0 unspecified atom stereocenters. The third kappa shape index (κ3) is 3.86. The van der Waals surface area contributed by atoms with Crippen molar-refractivity contribution in [1.82, 2.24) is 4.72 Å². The van der Waals surface area contributed by atoms with Gasteiger partial charge in [0.15, 0.2) is 0 Å². The summed E-state index contributed by atoms with van der Waals surface area (Å²) in [6.45, 7) is 1.71. The van der Waals surface area contributed by atoms with Gasteiger partial charge < -0.3 is 4.74 Å². The van der Waals surface area contributed by atoms with Crippen molar-refractivity contribution >= 4 is 10.2 Å². The number of nitrogens with one attached hydrogen (secondary N) is 1. The first kappa shape index (κ1) is 12.0. The molecule has 1 atom stereocenters. The summed E-state index contributed by atoms with van der Waals surface area (Å²) in [5, 5.41) is 4.87. The molecule has 0 aliphatic heterocycles. The molecule has 0 aromatic heterocycles. The highest BCUT2D eigenvalue weighted by atomic mass is 32.2. The zero-order valence-electron chi connectivity index (χ0n) is 8.60. The van der Waals surface area contributed by atoms with Crippen molar-refractivity contribution in [2.75, 3.05) is 7.11 Å². The molecule has 0 fully saturated rings. The van der Waals surface area contributed by atoms with E-state index < -0.39 is 10.2 Å². The van der Waals surface area contributed by atoms with Crippen LogP contribution in [-0.4, -0.2) is 15.5 Å². The summed E-state index contributed by atoms with van der Waals surface area (Å²) >= 11 is 0. The second-order valence-corrected chi connectivity index (χ2v) is 4.49. The summed E-state index contributed by atoms with van der Waals surface area (Å²) in [5.41, 5.74) is 0.795. The summed E-state index contributed by atoms with van der Waals surface area (Å²) in [5.74, 6) is 0.676. The molecule has 84 valence electrons. The number of rotatable bonds is 4. The van der Waals surface area contributed by atoms with Crippen molar-refractivity contribution < 1.29 is 13.2 Å². The second kappa shape index (κ2) is 4.61. The largest absolute Gasteiger partial charge is 0.497 e. The molecule has 3 N–H and O–H groups in total. The molecule has 1 aromatic carbocycles. The van der Waals surface area contributed by atoms with Gasteiger partial charge in [0, 0.05) is 6.04 Å². The molecule has 6 heteroatoms. The van der Waals surface area contributed by atoms with Gasteiger partial charge in [0.25, 0.3) is 10.2 Å². The molecule has 0 amide bonds. The maximum Gasteiger partial charge on any atom is 0.274 e. The molecule has 0 spiro atoms. The lowest BCUT2D eigenvalue weighted by molar-refractivity contribution is 0.413. The average molecular weight is 230 g/mol. The van der Waals surface area contributed by atoms with Gasteiger partial charge >= 0.3 is 0 Å². The van der Waals surface area contributed by atoms with Gasteiger partial charge in [0.05, 0.1) is 7.11 Å². The Labute approximate surface area is 89.4 Å². The second-order valence-electron chi connectivity index (χ2n) is 3.16. The van der Waals surface area contributed by atoms with E-state index in [0.29, 0.717) is 5.75 Å². The molecular formula is C9H14N2O3S. The van der Waals surface area contributed by atoms with Gasteiger partial charge in [-0.25, -0.2) is 5.14 Å². The topological polar surface area (TPSA) is 81.4 Å². The average Bonchev–Trinajstić information content (AvgIpc) is 2.15. The number of hydrogen-bond acceptors (Lipinski definition) is 3. The third-order valence-corrected chi connectivity index (χ3v) is 2.62. The van der Waals surface area contributed by atoms with E-state index in [1.165, 1.54) is 0 Å². The molecule has 0 bridgehead atoms. The van der Waals surface area contributed by atoms with E-state index >= 15 is 0 Å². The van der Waals surface area contributed by atoms with Gasteiger partial charge in [-0.1, -0.05) is 12.1 Å². The SMILES string of the molecule is COc1cccc([C@@H](C)NS(N)(=O)=O)c1. The first-order valence-corrected chi connectivity index (χ1v) is 5.91. The quantitative estimate of drug-likeness (QED) is 0.792. The van der Waals surface area contributed by atoms with Crippen molar-refractivity contribution in [2.45, 2.75) is 13.0 Å². The van der Waals surface area contributed by atoms with Crippen molar-refractivity contribution in [3.8, 4) is 5.75 Å².